The lowest BCUT2D eigenvalue weighted by Gasteiger charge is -2.13. The Hall–Kier alpha value is -1.59. The van der Waals surface area contributed by atoms with Crippen molar-refractivity contribution in [3.63, 3.8) is 0 Å². The summed E-state index contributed by atoms with van der Waals surface area (Å²) >= 11 is 5.71. The number of anilines is 1. The maximum atomic E-state index is 11.7. The first-order chi connectivity index (χ1) is 8.67. The van der Waals surface area contributed by atoms with Gasteiger partial charge in [-0.25, -0.2) is 9.78 Å². The smallest absolute Gasteiger partial charge is 0.319 e. The van der Waals surface area contributed by atoms with Gasteiger partial charge in [0.15, 0.2) is 0 Å². The van der Waals surface area contributed by atoms with Gasteiger partial charge < -0.3 is 15.7 Å². The lowest BCUT2D eigenvalue weighted by molar-refractivity contribution is 0.238. The van der Waals surface area contributed by atoms with E-state index in [1.807, 2.05) is 12.2 Å². The number of carbonyl (C=O) groups excluding carboxylic acids is 1. The lowest BCUT2D eigenvalue weighted by Crippen LogP contribution is -2.36. The van der Waals surface area contributed by atoms with Crippen molar-refractivity contribution in [2.24, 2.45) is 5.92 Å². The van der Waals surface area contributed by atoms with E-state index in [1.165, 1.54) is 6.20 Å². The summed E-state index contributed by atoms with van der Waals surface area (Å²) in [5.41, 5.74) is 0.591. The van der Waals surface area contributed by atoms with Crippen LogP contribution < -0.4 is 10.6 Å². The van der Waals surface area contributed by atoms with Gasteiger partial charge in [0.25, 0.3) is 0 Å². The third-order valence-electron chi connectivity index (χ3n) is 2.71. The molecule has 0 fully saturated rings. The van der Waals surface area contributed by atoms with Crippen LogP contribution in [0.15, 0.2) is 30.5 Å². The Balaban J connectivity index is 1.84. The van der Waals surface area contributed by atoms with Gasteiger partial charge in [0.2, 0.25) is 0 Å². The van der Waals surface area contributed by atoms with Crippen molar-refractivity contribution >= 4 is 23.3 Å². The lowest BCUT2D eigenvalue weighted by atomic mass is 10.1. The third kappa shape index (κ3) is 3.45. The van der Waals surface area contributed by atoms with Crippen LogP contribution in [0, 0.1) is 5.92 Å². The molecule has 0 aromatic carbocycles. The fourth-order valence-corrected chi connectivity index (χ4v) is 2.01. The van der Waals surface area contributed by atoms with Crippen molar-refractivity contribution in [3.05, 3.63) is 35.6 Å². The highest BCUT2D eigenvalue weighted by atomic mass is 35.5. The van der Waals surface area contributed by atoms with E-state index in [9.17, 15) is 4.79 Å². The molecule has 1 aliphatic carbocycles. The van der Waals surface area contributed by atoms with E-state index in [0.717, 1.165) is 6.42 Å². The minimum absolute atomic E-state index is 0.0422. The van der Waals surface area contributed by atoms with Gasteiger partial charge in [0.1, 0.15) is 5.15 Å². The first kappa shape index (κ1) is 12.9. The van der Waals surface area contributed by atoms with Crippen molar-refractivity contribution in [3.8, 4) is 0 Å². The van der Waals surface area contributed by atoms with Crippen LogP contribution >= 0.6 is 11.6 Å². The van der Waals surface area contributed by atoms with Crippen LogP contribution in [0.4, 0.5) is 10.5 Å². The molecule has 0 spiro atoms. The highest BCUT2D eigenvalue weighted by molar-refractivity contribution is 6.29. The second kappa shape index (κ2) is 5.84. The van der Waals surface area contributed by atoms with Gasteiger partial charge in [-0.3, -0.25) is 0 Å². The van der Waals surface area contributed by atoms with E-state index in [2.05, 4.69) is 15.6 Å². The molecular weight excluding hydrogens is 254 g/mol. The van der Waals surface area contributed by atoms with Crippen LogP contribution in [0.3, 0.4) is 0 Å². The SMILES string of the molecule is O=C(Nc1ccnc(Cl)c1)N[C@@H]1C=C[C@H](CO)C1. The minimum Gasteiger partial charge on any atom is -0.396 e. The summed E-state index contributed by atoms with van der Waals surface area (Å²) in [5.74, 6) is 0.130. The Morgan fingerprint density at radius 2 is 2.39 bits per heavy atom. The second-order valence-corrected chi connectivity index (χ2v) is 4.52. The van der Waals surface area contributed by atoms with Gasteiger partial charge in [-0.2, -0.15) is 0 Å². The number of amides is 2. The molecule has 2 rings (SSSR count). The van der Waals surface area contributed by atoms with Crippen molar-refractivity contribution in [2.75, 3.05) is 11.9 Å². The molecule has 6 heteroatoms. The number of hydrogen-bond donors (Lipinski definition) is 3. The summed E-state index contributed by atoms with van der Waals surface area (Å²) in [6, 6.07) is 2.89. The van der Waals surface area contributed by atoms with Crippen LogP contribution in [-0.4, -0.2) is 28.8 Å². The topological polar surface area (TPSA) is 74.2 Å². The fraction of sp³-hybridized carbons (Fsp3) is 0.333. The highest BCUT2D eigenvalue weighted by Crippen LogP contribution is 2.17. The first-order valence-electron chi connectivity index (χ1n) is 5.65. The molecule has 0 radical (unpaired) electrons. The predicted octanol–water partition coefficient (Wildman–Crippen LogP) is 1.79. The Morgan fingerprint density at radius 1 is 1.56 bits per heavy atom. The molecule has 2 amide bonds. The monoisotopic (exact) mass is 267 g/mol. The van der Waals surface area contributed by atoms with Crippen molar-refractivity contribution < 1.29 is 9.90 Å². The zero-order chi connectivity index (χ0) is 13.0. The van der Waals surface area contributed by atoms with E-state index < -0.39 is 0 Å². The first-order valence-corrected chi connectivity index (χ1v) is 6.03. The van der Waals surface area contributed by atoms with Gasteiger partial charge in [-0.1, -0.05) is 23.8 Å². The van der Waals surface area contributed by atoms with Gasteiger partial charge in [-0.15, -0.1) is 0 Å². The molecule has 0 saturated carbocycles. The minimum atomic E-state index is -0.300. The largest absolute Gasteiger partial charge is 0.396 e. The summed E-state index contributed by atoms with van der Waals surface area (Å²) in [6.07, 6.45) is 6.05. The number of rotatable bonds is 3. The van der Waals surface area contributed by atoms with Crippen molar-refractivity contribution in [1.82, 2.24) is 10.3 Å². The molecule has 3 N–H and O–H groups in total. The molecule has 0 bridgehead atoms. The predicted molar refractivity (Wildman–Crippen MR) is 69.5 cm³/mol. The standard InChI is InChI=1S/C12H14ClN3O2/c13-11-6-10(3-4-14-11)16-12(18)15-9-2-1-8(5-9)7-17/h1-4,6,8-9,17H,5,7H2,(H2,14,15,16,18)/t8-,9+/m0/s1. The normalized spacial score (nSPS) is 21.9. The van der Waals surface area contributed by atoms with Crippen LogP contribution in [0.25, 0.3) is 0 Å². The van der Waals surface area contributed by atoms with Crippen molar-refractivity contribution in [2.45, 2.75) is 12.5 Å². The maximum Gasteiger partial charge on any atom is 0.319 e. The van der Waals surface area contributed by atoms with E-state index in [1.54, 1.807) is 12.1 Å². The molecule has 0 unspecified atom stereocenters. The average Bonchev–Trinajstić information content (AvgIpc) is 2.76. The molecule has 2 atom stereocenters. The number of nitrogens with one attached hydrogen (secondary N) is 2. The summed E-state index contributed by atoms with van der Waals surface area (Å²) in [7, 11) is 0. The highest BCUT2D eigenvalue weighted by Gasteiger charge is 2.19. The third-order valence-corrected chi connectivity index (χ3v) is 2.91. The number of hydrogen-bond acceptors (Lipinski definition) is 3. The molecule has 0 aliphatic heterocycles. The van der Waals surface area contributed by atoms with E-state index in [-0.39, 0.29) is 24.6 Å². The summed E-state index contributed by atoms with van der Waals surface area (Å²) < 4.78 is 0. The van der Waals surface area contributed by atoms with Gasteiger partial charge >= 0.3 is 6.03 Å². The number of aliphatic hydroxyl groups excluding tert-OH is 1. The maximum absolute atomic E-state index is 11.7. The zero-order valence-corrected chi connectivity index (χ0v) is 10.4. The van der Waals surface area contributed by atoms with Crippen LogP contribution in [-0.2, 0) is 0 Å². The quantitative estimate of drug-likeness (QED) is 0.577. The summed E-state index contributed by atoms with van der Waals surface area (Å²) in [6.45, 7) is 0.107. The molecule has 18 heavy (non-hydrogen) atoms. The number of nitrogens with zero attached hydrogens (tertiary/aromatic N) is 1. The summed E-state index contributed by atoms with van der Waals surface area (Å²) in [4.78, 5) is 15.5. The number of aromatic nitrogens is 1. The number of halogens is 1. The second-order valence-electron chi connectivity index (χ2n) is 4.14. The van der Waals surface area contributed by atoms with Crippen LogP contribution in [0.5, 0.6) is 0 Å². The molecule has 1 heterocycles. The molecule has 5 nitrogen and oxygen atoms in total. The number of aliphatic hydroxyl groups is 1. The number of carbonyl (C=O) groups is 1. The average molecular weight is 268 g/mol. The van der Waals surface area contributed by atoms with E-state index in [0.29, 0.717) is 10.8 Å². The van der Waals surface area contributed by atoms with Crippen molar-refractivity contribution in [1.29, 1.82) is 0 Å². The van der Waals surface area contributed by atoms with Crippen LogP contribution in [0.1, 0.15) is 6.42 Å². The molecule has 1 aromatic heterocycles. The van der Waals surface area contributed by atoms with Gasteiger partial charge in [-0.05, 0) is 18.6 Å². The Bertz CT molecular complexity index is 464. The molecule has 1 aliphatic rings. The summed E-state index contributed by atoms with van der Waals surface area (Å²) in [5, 5.41) is 14.8. The van der Waals surface area contributed by atoms with Gasteiger partial charge in [0.05, 0.1) is 0 Å². The fourth-order valence-electron chi connectivity index (χ4n) is 1.83. The molecule has 1 aromatic rings. The van der Waals surface area contributed by atoms with Crippen LogP contribution in [0.2, 0.25) is 5.15 Å². The Morgan fingerprint density at radius 3 is 3.06 bits per heavy atom. The number of urea groups is 1. The Labute approximate surface area is 110 Å². The zero-order valence-electron chi connectivity index (χ0n) is 9.64. The van der Waals surface area contributed by atoms with Gasteiger partial charge in [0, 0.05) is 30.5 Å². The number of pyridine rings is 1. The molecule has 0 saturated heterocycles. The molecule has 96 valence electrons. The van der Waals surface area contributed by atoms with E-state index >= 15 is 0 Å². The van der Waals surface area contributed by atoms with E-state index in [4.69, 9.17) is 16.7 Å². The molecular formula is C12H14ClN3O2. The Kier molecular flexibility index (Phi) is 4.17.